The molecule has 126 valence electrons. The van der Waals surface area contributed by atoms with E-state index in [1.165, 1.54) is 0 Å². The van der Waals surface area contributed by atoms with Crippen LogP contribution in [0.3, 0.4) is 0 Å². The summed E-state index contributed by atoms with van der Waals surface area (Å²) in [5.74, 6) is -0.0361. The molecular formula is C20H11Cl2N3O. The molecule has 6 heteroatoms. The number of H-pyrrole nitrogens is 2. The van der Waals surface area contributed by atoms with Gasteiger partial charge in [-0.3, -0.25) is 4.79 Å². The second kappa shape index (κ2) is 4.72. The molecule has 3 aromatic carbocycles. The van der Waals surface area contributed by atoms with Gasteiger partial charge in [-0.05, 0) is 29.8 Å². The van der Waals surface area contributed by atoms with Gasteiger partial charge in [-0.2, -0.15) is 0 Å². The minimum absolute atomic E-state index is 0.0361. The minimum Gasteiger partial charge on any atom is -0.353 e. The first-order chi connectivity index (χ1) is 12.6. The van der Waals surface area contributed by atoms with Gasteiger partial charge < -0.3 is 15.3 Å². The van der Waals surface area contributed by atoms with Crippen molar-refractivity contribution in [3.63, 3.8) is 0 Å². The third-order valence-corrected chi connectivity index (χ3v) is 5.75. The van der Waals surface area contributed by atoms with Crippen LogP contribution in [0, 0.1) is 0 Å². The molecule has 0 radical (unpaired) electrons. The van der Waals surface area contributed by atoms with Crippen molar-refractivity contribution in [1.82, 2.24) is 15.3 Å². The molecule has 0 bridgehead atoms. The molecule has 0 saturated heterocycles. The molecule has 1 aliphatic heterocycles. The molecule has 0 aliphatic carbocycles. The smallest absolute Gasteiger partial charge is 0.252 e. The second-order valence-corrected chi connectivity index (χ2v) is 7.54. The van der Waals surface area contributed by atoms with Crippen molar-refractivity contribution in [2.75, 3.05) is 0 Å². The Morgan fingerprint density at radius 2 is 1.38 bits per heavy atom. The predicted molar refractivity (Wildman–Crippen MR) is 106 cm³/mol. The van der Waals surface area contributed by atoms with E-state index in [4.69, 9.17) is 23.2 Å². The van der Waals surface area contributed by atoms with Crippen molar-refractivity contribution in [3.05, 3.63) is 57.6 Å². The van der Waals surface area contributed by atoms with E-state index in [9.17, 15) is 4.79 Å². The lowest BCUT2D eigenvalue weighted by Crippen LogP contribution is -2.12. The van der Waals surface area contributed by atoms with Crippen LogP contribution < -0.4 is 5.32 Å². The third-order valence-electron chi connectivity index (χ3n) is 5.28. The molecule has 0 unspecified atom stereocenters. The van der Waals surface area contributed by atoms with Crippen molar-refractivity contribution in [2.45, 2.75) is 6.54 Å². The van der Waals surface area contributed by atoms with Crippen LogP contribution in [0.2, 0.25) is 10.0 Å². The Hall–Kier alpha value is -2.69. The standard InChI is InChI=1S/C20H11Cl2N3O/c21-8-1-3-10-13(5-8)24-18-15(10)12-7-23-20(26)17(12)16-11-4-2-9(22)6-14(11)25-19(16)18/h1-6,24-25H,7H2,(H,23,26). The SMILES string of the molecule is O=C1NCc2c1c1c3ccc(Cl)cc3[nH]c1c1[nH]c3cc(Cl)ccc3c21. The number of aromatic nitrogens is 2. The molecule has 3 heterocycles. The Kier molecular flexibility index (Phi) is 2.63. The average Bonchev–Trinajstić information content (AvgIpc) is 3.26. The summed E-state index contributed by atoms with van der Waals surface area (Å²) >= 11 is 12.3. The maximum absolute atomic E-state index is 12.7. The van der Waals surface area contributed by atoms with E-state index >= 15 is 0 Å². The third kappa shape index (κ3) is 1.68. The van der Waals surface area contributed by atoms with Crippen molar-refractivity contribution in [1.29, 1.82) is 0 Å². The van der Waals surface area contributed by atoms with Gasteiger partial charge in [0.1, 0.15) is 0 Å². The van der Waals surface area contributed by atoms with E-state index in [2.05, 4.69) is 15.3 Å². The van der Waals surface area contributed by atoms with Gasteiger partial charge in [0.15, 0.2) is 0 Å². The maximum Gasteiger partial charge on any atom is 0.252 e. The summed E-state index contributed by atoms with van der Waals surface area (Å²) in [4.78, 5) is 19.6. The zero-order valence-electron chi connectivity index (χ0n) is 13.3. The Labute approximate surface area is 157 Å². The van der Waals surface area contributed by atoms with Crippen molar-refractivity contribution >= 4 is 72.7 Å². The van der Waals surface area contributed by atoms with Crippen molar-refractivity contribution in [3.8, 4) is 0 Å². The van der Waals surface area contributed by atoms with Gasteiger partial charge in [0, 0.05) is 49.2 Å². The zero-order valence-corrected chi connectivity index (χ0v) is 14.8. The largest absolute Gasteiger partial charge is 0.353 e. The number of nitrogens with one attached hydrogen (secondary N) is 3. The molecule has 6 rings (SSSR count). The van der Waals surface area contributed by atoms with E-state index in [0.717, 1.165) is 54.7 Å². The molecule has 0 fully saturated rings. The molecule has 1 amide bonds. The minimum atomic E-state index is -0.0361. The normalized spacial score (nSPS) is 14.0. The van der Waals surface area contributed by atoms with Crippen molar-refractivity contribution in [2.24, 2.45) is 0 Å². The van der Waals surface area contributed by atoms with Crippen LogP contribution in [0.25, 0.3) is 43.6 Å². The fourth-order valence-corrected chi connectivity index (χ4v) is 4.59. The van der Waals surface area contributed by atoms with Crippen molar-refractivity contribution < 1.29 is 4.79 Å². The van der Waals surface area contributed by atoms with Crippen LogP contribution in [0.4, 0.5) is 0 Å². The van der Waals surface area contributed by atoms with Gasteiger partial charge in [0.05, 0.1) is 16.6 Å². The van der Waals surface area contributed by atoms with E-state index in [-0.39, 0.29) is 5.91 Å². The highest BCUT2D eigenvalue weighted by atomic mass is 35.5. The van der Waals surface area contributed by atoms with Gasteiger partial charge in [-0.1, -0.05) is 35.3 Å². The Morgan fingerprint density at radius 1 is 0.808 bits per heavy atom. The molecule has 0 spiro atoms. The van der Waals surface area contributed by atoms with Gasteiger partial charge in [0.2, 0.25) is 0 Å². The number of rotatable bonds is 0. The van der Waals surface area contributed by atoms with Crippen LogP contribution in [0.15, 0.2) is 36.4 Å². The lowest BCUT2D eigenvalue weighted by molar-refractivity contribution is 0.0967. The number of amides is 1. The summed E-state index contributed by atoms with van der Waals surface area (Å²) in [6.45, 7) is 0.524. The first kappa shape index (κ1) is 14.5. The predicted octanol–water partition coefficient (Wildman–Crippen LogP) is 5.51. The molecule has 0 saturated carbocycles. The number of hydrogen-bond donors (Lipinski definition) is 3. The number of aromatic amines is 2. The number of hydrogen-bond acceptors (Lipinski definition) is 1. The monoisotopic (exact) mass is 379 g/mol. The molecule has 4 nitrogen and oxygen atoms in total. The van der Waals surface area contributed by atoms with Gasteiger partial charge >= 0.3 is 0 Å². The number of benzene rings is 3. The average molecular weight is 380 g/mol. The quantitative estimate of drug-likeness (QED) is 0.326. The number of halogens is 2. The highest BCUT2D eigenvalue weighted by Gasteiger charge is 2.29. The Morgan fingerprint density at radius 3 is 2.04 bits per heavy atom. The summed E-state index contributed by atoms with van der Waals surface area (Å²) < 4.78 is 0. The fourth-order valence-electron chi connectivity index (χ4n) is 4.25. The van der Waals surface area contributed by atoms with E-state index in [1.54, 1.807) is 0 Å². The summed E-state index contributed by atoms with van der Waals surface area (Å²) in [6.07, 6.45) is 0. The van der Waals surface area contributed by atoms with E-state index in [0.29, 0.717) is 16.6 Å². The first-order valence-corrected chi connectivity index (χ1v) is 9.02. The zero-order chi connectivity index (χ0) is 17.6. The van der Waals surface area contributed by atoms with Crippen LogP contribution in [0.5, 0.6) is 0 Å². The summed E-state index contributed by atoms with van der Waals surface area (Å²) in [5, 5.41) is 8.38. The molecule has 26 heavy (non-hydrogen) atoms. The van der Waals surface area contributed by atoms with Crippen LogP contribution in [-0.2, 0) is 6.54 Å². The molecule has 0 atom stereocenters. The number of fused-ring (bicyclic) bond motifs is 10. The molecule has 5 aromatic rings. The Balaban J connectivity index is 1.96. The van der Waals surface area contributed by atoms with Crippen LogP contribution in [-0.4, -0.2) is 15.9 Å². The van der Waals surface area contributed by atoms with Crippen LogP contribution in [0.1, 0.15) is 15.9 Å². The Bertz CT molecular complexity index is 1430. The van der Waals surface area contributed by atoms with Gasteiger partial charge in [-0.15, -0.1) is 0 Å². The lowest BCUT2D eigenvalue weighted by atomic mass is 9.97. The summed E-state index contributed by atoms with van der Waals surface area (Å²) in [7, 11) is 0. The number of carbonyl (C=O) groups excluding carboxylic acids is 1. The molecule has 3 N–H and O–H groups in total. The molecular weight excluding hydrogens is 369 g/mol. The number of carbonyl (C=O) groups is 1. The highest BCUT2D eigenvalue weighted by molar-refractivity contribution is 6.34. The fraction of sp³-hybridized carbons (Fsp3) is 0.0500. The second-order valence-electron chi connectivity index (χ2n) is 6.67. The summed E-state index contributed by atoms with van der Waals surface area (Å²) in [6, 6.07) is 11.5. The molecule has 2 aromatic heterocycles. The first-order valence-electron chi connectivity index (χ1n) is 8.27. The van der Waals surface area contributed by atoms with E-state index in [1.807, 2.05) is 36.4 Å². The summed E-state index contributed by atoms with van der Waals surface area (Å²) in [5.41, 5.74) is 5.55. The highest BCUT2D eigenvalue weighted by Crippen LogP contribution is 2.42. The topological polar surface area (TPSA) is 60.7 Å². The lowest BCUT2D eigenvalue weighted by Gasteiger charge is -2.03. The van der Waals surface area contributed by atoms with E-state index < -0.39 is 0 Å². The maximum atomic E-state index is 12.7. The molecule has 1 aliphatic rings. The van der Waals surface area contributed by atoms with Gasteiger partial charge in [-0.25, -0.2) is 0 Å². The van der Waals surface area contributed by atoms with Crippen LogP contribution >= 0.6 is 23.2 Å². The van der Waals surface area contributed by atoms with Gasteiger partial charge in [0.25, 0.3) is 5.91 Å².